The molecule has 0 aliphatic rings. The van der Waals surface area contributed by atoms with Gasteiger partial charge >= 0.3 is 0 Å². The third-order valence-corrected chi connectivity index (χ3v) is 4.70. The van der Waals surface area contributed by atoms with E-state index >= 15 is 0 Å². The van der Waals surface area contributed by atoms with Crippen molar-refractivity contribution in [3.05, 3.63) is 76.6 Å². The molecule has 3 aromatic heterocycles. The third-order valence-electron chi connectivity index (χ3n) is 4.70. The molecule has 5 heteroatoms. The number of rotatable bonds is 3. The predicted octanol–water partition coefficient (Wildman–Crippen LogP) is 6.33. The average Bonchev–Trinajstić information content (AvgIpc) is 2.69. The molecule has 0 fully saturated rings. The molecule has 3 aromatic rings. The lowest BCUT2D eigenvalue weighted by Gasteiger charge is -2.05. The van der Waals surface area contributed by atoms with E-state index in [0.717, 1.165) is 5.69 Å². The lowest BCUT2D eigenvalue weighted by atomic mass is 10.0. The van der Waals surface area contributed by atoms with Crippen molar-refractivity contribution in [1.29, 1.82) is 0 Å². The molecule has 0 amide bonds. The van der Waals surface area contributed by atoms with Crippen LogP contribution < -0.4 is 0 Å². The van der Waals surface area contributed by atoms with Crippen LogP contribution in [-0.4, -0.2) is 25.4 Å². The fourth-order valence-corrected chi connectivity index (χ4v) is 3.07. The van der Waals surface area contributed by atoms with Gasteiger partial charge in [-0.05, 0) is 72.9 Å². The largest absolute Gasteiger partial charge is 0.261 e. The Kier molecular flexibility index (Phi) is 10.8. The van der Waals surface area contributed by atoms with Gasteiger partial charge in [0.1, 0.15) is 0 Å². The second-order valence-electron chi connectivity index (χ2n) is 8.40. The second-order valence-corrected chi connectivity index (χ2v) is 8.40. The van der Waals surface area contributed by atoms with Crippen molar-refractivity contribution in [3.63, 3.8) is 0 Å². The molecule has 0 saturated carbocycles. The molecule has 0 atom stereocenters. The molecule has 3 rings (SSSR count). The van der Waals surface area contributed by atoms with Crippen LogP contribution in [-0.2, 0) is 0 Å². The van der Waals surface area contributed by atoms with E-state index in [4.69, 9.17) is 0 Å². The average molecular weight is 408 g/mol. The normalized spacial score (nSPS) is 10.4. The first kappa shape index (κ1) is 25.3. The Morgan fingerprint density at radius 3 is 1.60 bits per heavy atom. The van der Waals surface area contributed by atoms with Crippen LogP contribution in [0.5, 0.6) is 0 Å². The van der Waals surface area contributed by atoms with Crippen LogP contribution in [0.3, 0.4) is 0 Å². The summed E-state index contributed by atoms with van der Waals surface area (Å²) in [6.07, 6.45) is 7.21. The molecule has 5 nitrogen and oxygen atoms in total. The van der Waals surface area contributed by atoms with Gasteiger partial charge in [-0.25, -0.2) is 0 Å². The quantitative estimate of drug-likeness (QED) is 0.507. The van der Waals surface area contributed by atoms with Crippen molar-refractivity contribution >= 4 is 0 Å². The fourth-order valence-electron chi connectivity index (χ4n) is 3.07. The zero-order valence-corrected chi connectivity index (χ0v) is 20.0. The summed E-state index contributed by atoms with van der Waals surface area (Å²) in [5.74, 6) is 1.57. The molecule has 0 unspecified atom stereocenters. The van der Waals surface area contributed by atoms with Crippen LogP contribution in [0, 0.1) is 20.8 Å². The maximum Gasteiger partial charge on any atom is 0.0685 e. The van der Waals surface area contributed by atoms with E-state index in [2.05, 4.69) is 93.8 Å². The SMILES string of the molecule is Cc1cccnc1C(C)C.Cc1ccnnc1C(C)C.Cc1cnncc1C(C)C. The second kappa shape index (κ2) is 12.8. The maximum atomic E-state index is 4.28. The van der Waals surface area contributed by atoms with Gasteiger partial charge in [-0.1, -0.05) is 47.6 Å². The van der Waals surface area contributed by atoms with Crippen LogP contribution in [0.25, 0.3) is 0 Å². The minimum atomic E-state index is 0.480. The Labute approximate surface area is 182 Å². The zero-order valence-electron chi connectivity index (χ0n) is 20.0. The summed E-state index contributed by atoms with van der Waals surface area (Å²) >= 11 is 0. The number of pyridine rings is 1. The molecule has 0 radical (unpaired) electrons. The van der Waals surface area contributed by atoms with Crippen molar-refractivity contribution in [2.75, 3.05) is 0 Å². The molecule has 0 N–H and O–H groups in total. The third kappa shape index (κ3) is 8.36. The Morgan fingerprint density at radius 2 is 1.20 bits per heavy atom. The van der Waals surface area contributed by atoms with Crippen molar-refractivity contribution in [2.24, 2.45) is 0 Å². The topological polar surface area (TPSA) is 64.5 Å². The number of aryl methyl sites for hydroxylation is 3. The lowest BCUT2D eigenvalue weighted by molar-refractivity contribution is 0.774. The summed E-state index contributed by atoms with van der Waals surface area (Å²) in [6, 6.07) is 6.06. The van der Waals surface area contributed by atoms with Crippen molar-refractivity contribution in [2.45, 2.75) is 80.1 Å². The van der Waals surface area contributed by atoms with E-state index in [0.29, 0.717) is 17.8 Å². The minimum Gasteiger partial charge on any atom is -0.261 e. The Bertz CT molecular complexity index is 770. The van der Waals surface area contributed by atoms with Gasteiger partial charge in [0.15, 0.2) is 0 Å². The van der Waals surface area contributed by atoms with E-state index in [1.807, 2.05) is 24.5 Å². The number of hydrogen-bond acceptors (Lipinski definition) is 5. The van der Waals surface area contributed by atoms with Crippen LogP contribution >= 0.6 is 0 Å². The fraction of sp³-hybridized carbons (Fsp3) is 0.480. The van der Waals surface area contributed by atoms with Gasteiger partial charge in [-0.3, -0.25) is 4.98 Å². The number of nitrogens with zero attached hydrogens (tertiary/aromatic N) is 5. The van der Waals surface area contributed by atoms with E-state index in [-0.39, 0.29) is 0 Å². The first-order valence-corrected chi connectivity index (χ1v) is 10.6. The maximum absolute atomic E-state index is 4.28. The minimum absolute atomic E-state index is 0.480. The van der Waals surface area contributed by atoms with E-state index < -0.39 is 0 Å². The molecular weight excluding hydrogens is 370 g/mol. The molecule has 0 saturated heterocycles. The zero-order chi connectivity index (χ0) is 22.7. The lowest BCUT2D eigenvalue weighted by Crippen LogP contribution is -1.97. The first-order valence-electron chi connectivity index (χ1n) is 10.6. The molecule has 0 aliphatic heterocycles. The summed E-state index contributed by atoms with van der Waals surface area (Å²) in [7, 11) is 0. The molecule has 3 heterocycles. The summed E-state index contributed by atoms with van der Waals surface area (Å²) in [5, 5.41) is 15.4. The molecule has 0 aromatic carbocycles. The van der Waals surface area contributed by atoms with Crippen LogP contribution in [0.2, 0.25) is 0 Å². The molecule has 30 heavy (non-hydrogen) atoms. The molecule has 0 bridgehead atoms. The van der Waals surface area contributed by atoms with Crippen LogP contribution in [0.1, 0.15) is 92.9 Å². The van der Waals surface area contributed by atoms with Crippen molar-refractivity contribution in [3.8, 4) is 0 Å². The van der Waals surface area contributed by atoms with Gasteiger partial charge in [-0.15, -0.1) is 0 Å². The Balaban J connectivity index is 0.000000225. The van der Waals surface area contributed by atoms with E-state index in [9.17, 15) is 0 Å². The van der Waals surface area contributed by atoms with Gasteiger partial charge in [0.05, 0.1) is 18.1 Å². The van der Waals surface area contributed by atoms with E-state index in [1.54, 1.807) is 12.4 Å². The van der Waals surface area contributed by atoms with Gasteiger partial charge in [0, 0.05) is 18.1 Å². The predicted molar refractivity (Wildman–Crippen MR) is 125 cm³/mol. The highest BCUT2D eigenvalue weighted by molar-refractivity contribution is 5.22. The summed E-state index contributed by atoms with van der Waals surface area (Å²) in [4.78, 5) is 4.28. The summed E-state index contributed by atoms with van der Waals surface area (Å²) < 4.78 is 0. The molecule has 162 valence electrons. The summed E-state index contributed by atoms with van der Waals surface area (Å²) in [6.45, 7) is 19.1. The van der Waals surface area contributed by atoms with Crippen LogP contribution in [0.4, 0.5) is 0 Å². The molecule has 0 spiro atoms. The highest BCUT2D eigenvalue weighted by atomic mass is 15.1. The van der Waals surface area contributed by atoms with Gasteiger partial charge in [0.25, 0.3) is 0 Å². The molecule has 0 aliphatic carbocycles. The van der Waals surface area contributed by atoms with Gasteiger partial charge in [0.2, 0.25) is 0 Å². The highest BCUT2D eigenvalue weighted by Gasteiger charge is 2.03. The standard InChI is InChI=1S/C9H13N.2C8H12N2/c1-7(2)9-8(3)5-4-6-10-9;1-6(2)8-5-10-9-4-7(8)3;1-6(2)8-7(3)4-5-9-10-8/h4-7H,1-3H3;2*4-6H,1-3H3. The highest BCUT2D eigenvalue weighted by Crippen LogP contribution is 2.16. The van der Waals surface area contributed by atoms with Crippen molar-refractivity contribution in [1.82, 2.24) is 25.4 Å². The number of aromatic nitrogens is 5. The smallest absolute Gasteiger partial charge is 0.0685 e. The number of hydrogen-bond donors (Lipinski definition) is 0. The Morgan fingerprint density at radius 1 is 0.600 bits per heavy atom. The van der Waals surface area contributed by atoms with E-state index in [1.165, 1.54) is 27.9 Å². The Hall–Kier alpha value is -2.69. The molecular formula is C25H37N5. The summed E-state index contributed by atoms with van der Waals surface area (Å²) in [5.41, 5.74) is 7.34. The first-order chi connectivity index (χ1) is 14.1. The van der Waals surface area contributed by atoms with Crippen LogP contribution in [0.15, 0.2) is 43.0 Å². The van der Waals surface area contributed by atoms with Gasteiger partial charge in [-0.2, -0.15) is 20.4 Å². The van der Waals surface area contributed by atoms with Gasteiger partial charge < -0.3 is 0 Å². The van der Waals surface area contributed by atoms with Crippen molar-refractivity contribution < 1.29 is 0 Å². The monoisotopic (exact) mass is 407 g/mol.